The standard InChI is InChI=1S/C21H21N3O5/c1-28-10-9-24-20(12-7-8-15(26)16(11-12)29-2)17-18(22-23-19(17)21(24)27)13-5-3-4-6-14(13)25/h3-8,11,20,25-26H,9-10H2,1-2H3,(H,22,23)/t20-/m0/s1. The molecule has 150 valence electrons. The third kappa shape index (κ3) is 3.07. The molecule has 8 nitrogen and oxygen atoms in total. The fraction of sp³-hybridized carbons (Fsp3) is 0.238. The monoisotopic (exact) mass is 395 g/mol. The zero-order valence-corrected chi connectivity index (χ0v) is 16.0. The third-order valence-electron chi connectivity index (χ3n) is 5.08. The van der Waals surface area contributed by atoms with Gasteiger partial charge in [-0.2, -0.15) is 5.10 Å². The molecule has 1 amide bonds. The largest absolute Gasteiger partial charge is 0.507 e. The molecule has 0 saturated heterocycles. The Morgan fingerprint density at radius 3 is 2.66 bits per heavy atom. The normalized spacial score (nSPS) is 15.6. The van der Waals surface area contributed by atoms with Crippen molar-refractivity contribution in [2.24, 2.45) is 0 Å². The molecule has 0 unspecified atom stereocenters. The number of aromatic nitrogens is 2. The number of carbonyl (C=O) groups is 1. The first-order chi connectivity index (χ1) is 14.1. The Bertz CT molecular complexity index is 1060. The van der Waals surface area contributed by atoms with Crippen LogP contribution >= 0.6 is 0 Å². The molecule has 1 aliphatic rings. The highest BCUT2D eigenvalue weighted by atomic mass is 16.5. The van der Waals surface area contributed by atoms with Gasteiger partial charge in [0.2, 0.25) is 0 Å². The quantitative estimate of drug-likeness (QED) is 0.592. The summed E-state index contributed by atoms with van der Waals surface area (Å²) in [5.41, 5.74) is 2.82. The van der Waals surface area contributed by atoms with Gasteiger partial charge in [-0.25, -0.2) is 0 Å². The van der Waals surface area contributed by atoms with Crippen molar-refractivity contribution in [1.29, 1.82) is 0 Å². The molecule has 3 aromatic rings. The van der Waals surface area contributed by atoms with Crippen LogP contribution < -0.4 is 4.74 Å². The molecule has 0 saturated carbocycles. The van der Waals surface area contributed by atoms with Crippen LogP contribution in [0.2, 0.25) is 0 Å². The second-order valence-electron chi connectivity index (χ2n) is 6.70. The molecule has 1 aliphatic heterocycles. The molecular formula is C21H21N3O5. The van der Waals surface area contributed by atoms with E-state index in [0.29, 0.717) is 41.4 Å². The van der Waals surface area contributed by atoms with Gasteiger partial charge in [-0.05, 0) is 29.8 Å². The summed E-state index contributed by atoms with van der Waals surface area (Å²) in [6, 6.07) is 11.4. The van der Waals surface area contributed by atoms with E-state index in [1.165, 1.54) is 13.2 Å². The summed E-state index contributed by atoms with van der Waals surface area (Å²) in [6.45, 7) is 0.729. The molecule has 0 aliphatic carbocycles. The minimum absolute atomic E-state index is 0.0114. The van der Waals surface area contributed by atoms with Crippen molar-refractivity contribution in [1.82, 2.24) is 15.1 Å². The van der Waals surface area contributed by atoms with Crippen molar-refractivity contribution in [2.75, 3.05) is 27.4 Å². The van der Waals surface area contributed by atoms with Crippen LogP contribution in [0.1, 0.15) is 27.7 Å². The average molecular weight is 395 g/mol. The van der Waals surface area contributed by atoms with Gasteiger partial charge in [0.1, 0.15) is 17.1 Å². The van der Waals surface area contributed by atoms with E-state index in [4.69, 9.17) is 9.47 Å². The van der Waals surface area contributed by atoms with Gasteiger partial charge in [0, 0.05) is 24.8 Å². The number of rotatable bonds is 6. The van der Waals surface area contributed by atoms with Crippen LogP contribution in [0.25, 0.3) is 11.3 Å². The van der Waals surface area contributed by atoms with Crippen LogP contribution in [-0.2, 0) is 4.74 Å². The van der Waals surface area contributed by atoms with Gasteiger partial charge in [0.15, 0.2) is 11.5 Å². The predicted octanol–water partition coefficient (Wildman–Crippen LogP) is 2.69. The van der Waals surface area contributed by atoms with Crippen molar-refractivity contribution in [3.8, 4) is 28.5 Å². The molecule has 3 N–H and O–H groups in total. The molecular weight excluding hydrogens is 374 g/mol. The van der Waals surface area contributed by atoms with Crippen molar-refractivity contribution >= 4 is 5.91 Å². The van der Waals surface area contributed by atoms with Crippen LogP contribution in [0, 0.1) is 0 Å². The van der Waals surface area contributed by atoms with Crippen LogP contribution in [-0.4, -0.2) is 58.6 Å². The van der Waals surface area contributed by atoms with Gasteiger partial charge in [0.25, 0.3) is 5.91 Å². The number of aromatic amines is 1. The SMILES string of the molecule is COCCN1C(=O)c2[nH]nc(-c3ccccc3O)c2[C@@H]1c1ccc(O)c(OC)c1. The lowest BCUT2D eigenvalue weighted by Crippen LogP contribution is -2.32. The molecule has 29 heavy (non-hydrogen) atoms. The highest BCUT2D eigenvalue weighted by molar-refractivity contribution is 6.00. The molecule has 2 aromatic carbocycles. The van der Waals surface area contributed by atoms with E-state index >= 15 is 0 Å². The second kappa shape index (κ2) is 7.48. The number of aromatic hydroxyl groups is 2. The zero-order chi connectivity index (χ0) is 20.5. The van der Waals surface area contributed by atoms with E-state index in [2.05, 4.69) is 10.2 Å². The Balaban J connectivity index is 1.90. The number of hydrogen-bond donors (Lipinski definition) is 3. The van der Waals surface area contributed by atoms with Gasteiger partial charge in [0.05, 0.1) is 19.8 Å². The molecule has 0 spiro atoms. The number of phenolic OH excluding ortho intramolecular Hbond substituents is 2. The number of amides is 1. The van der Waals surface area contributed by atoms with Crippen molar-refractivity contribution in [3.63, 3.8) is 0 Å². The number of nitrogens with one attached hydrogen (secondary N) is 1. The summed E-state index contributed by atoms with van der Waals surface area (Å²) in [5.74, 6) is 0.190. The minimum Gasteiger partial charge on any atom is -0.507 e. The lowest BCUT2D eigenvalue weighted by Gasteiger charge is -2.26. The number of hydrogen-bond acceptors (Lipinski definition) is 6. The Kier molecular flexibility index (Phi) is 4.85. The topological polar surface area (TPSA) is 108 Å². The van der Waals surface area contributed by atoms with E-state index < -0.39 is 6.04 Å². The van der Waals surface area contributed by atoms with Gasteiger partial charge in [-0.15, -0.1) is 0 Å². The summed E-state index contributed by atoms with van der Waals surface area (Å²) >= 11 is 0. The molecule has 1 atom stereocenters. The van der Waals surface area contributed by atoms with Gasteiger partial charge >= 0.3 is 0 Å². The number of fused-ring (bicyclic) bond motifs is 1. The van der Waals surface area contributed by atoms with E-state index in [9.17, 15) is 15.0 Å². The van der Waals surface area contributed by atoms with Crippen LogP contribution in [0.3, 0.4) is 0 Å². The highest BCUT2D eigenvalue weighted by Crippen LogP contribution is 2.45. The Hall–Kier alpha value is -3.52. The first-order valence-corrected chi connectivity index (χ1v) is 9.10. The summed E-state index contributed by atoms with van der Waals surface area (Å²) < 4.78 is 10.4. The number of phenols is 2. The van der Waals surface area contributed by atoms with Crippen molar-refractivity contribution < 1.29 is 24.5 Å². The Morgan fingerprint density at radius 1 is 1.14 bits per heavy atom. The van der Waals surface area contributed by atoms with Gasteiger partial charge < -0.3 is 24.6 Å². The summed E-state index contributed by atoms with van der Waals surface area (Å²) in [7, 11) is 3.05. The fourth-order valence-corrected chi connectivity index (χ4v) is 3.71. The summed E-state index contributed by atoms with van der Waals surface area (Å²) in [5, 5.41) is 27.5. The maximum absolute atomic E-state index is 13.1. The lowest BCUT2D eigenvalue weighted by atomic mass is 9.95. The van der Waals surface area contributed by atoms with E-state index in [0.717, 1.165) is 5.56 Å². The van der Waals surface area contributed by atoms with E-state index in [-0.39, 0.29) is 17.4 Å². The van der Waals surface area contributed by atoms with Crippen molar-refractivity contribution in [2.45, 2.75) is 6.04 Å². The van der Waals surface area contributed by atoms with Crippen LogP contribution in [0.15, 0.2) is 42.5 Å². The molecule has 1 aromatic heterocycles. The number of carbonyl (C=O) groups excluding carboxylic acids is 1. The Morgan fingerprint density at radius 2 is 1.93 bits per heavy atom. The van der Waals surface area contributed by atoms with Crippen LogP contribution in [0.4, 0.5) is 0 Å². The van der Waals surface area contributed by atoms with E-state index in [1.54, 1.807) is 48.4 Å². The molecule has 8 heteroatoms. The molecule has 0 radical (unpaired) electrons. The molecule has 0 fully saturated rings. The molecule has 0 bridgehead atoms. The van der Waals surface area contributed by atoms with Gasteiger partial charge in [-0.1, -0.05) is 18.2 Å². The summed E-state index contributed by atoms with van der Waals surface area (Å²) in [6.07, 6.45) is 0. The molecule has 2 heterocycles. The smallest absolute Gasteiger partial charge is 0.273 e. The number of ether oxygens (including phenoxy) is 2. The number of H-pyrrole nitrogens is 1. The zero-order valence-electron chi connectivity index (χ0n) is 16.0. The van der Waals surface area contributed by atoms with E-state index in [1.807, 2.05) is 0 Å². The number of methoxy groups -OCH3 is 2. The number of benzene rings is 2. The maximum Gasteiger partial charge on any atom is 0.273 e. The fourth-order valence-electron chi connectivity index (χ4n) is 3.71. The first kappa shape index (κ1) is 18.8. The minimum atomic E-state index is -0.476. The van der Waals surface area contributed by atoms with Gasteiger partial charge in [-0.3, -0.25) is 9.89 Å². The summed E-state index contributed by atoms with van der Waals surface area (Å²) in [4.78, 5) is 14.8. The highest BCUT2D eigenvalue weighted by Gasteiger charge is 2.42. The average Bonchev–Trinajstić information content (AvgIpc) is 3.26. The lowest BCUT2D eigenvalue weighted by molar-refractivity contribution is 0.0677. The predicted molar refractivity (Wildman–Crippen MR) is 105 cm³/mol. The Labute approximate surface area is 167 Å². The third-order valence-corrected chi connectivity index (χ3v) is 5.08. The first-order valence-electron chi connectivity index (χ1n) is 9.10. The number of nitrogens with zero attached hydrogens (tertiary/aromatic N) is 2. The molecule has 4 rings (SSSR count). The van der Waals surface area contributed by atoms with Crippen molar-refractivity contribution in [3.05, 3.63) is 59.3 Å². The van der Waals surface area contributed by atoms with Crippen LogP contribution in [0.5, 0.6) is 17.2 Å². The second-order valence-corrected chi connectivity index (χ2v) is 6.70. The number of para-hydroxylation sites is 1. The maximum atomic E-state index is 13.1.